The van der Waals surface area contributed by atoms with Gasteiger partial charge in [-0.15, -0.1) is 0 Å². The van der Waals surface area contributed by atoms with Gasteiger partial charge < -0.3 is 25.6 Å². The van der Waals surface area contributed by atoms with Gasteiger partial charge in [0.1, 0.15) is 5.75 Å². The van der Waals surface area contributed by atoms with Crippen LogP contribution in [0.15, 0.2) is 72.0 Å². The Hall–Kier alpha value is -3.79. The fourth-order valence-electron chi connectivity index (χ4n) is 3.73. The minimum atomic E-state index is -4.50. The minimum absolute atomic E-state index is 0.0386. The molecule has 1 aliphatic heterocycles. The molecule has 3 rings (SSSR count). The van der Waals surface area contributed by atoms with Crippen LogP contribution >= 0.6 is 0 Å². The summed E-state index contributed by atoms with van der Waals surface area (Å²) >= 11 is 0. The van der Waals surface area contributed by atoms with Crippen molar-refractivity contribution < 1.29 is 22.7 Å². The van der Waals surface area contributed by atoms with Gasteiger partial charge in [0.15, 0.2) is 0 Å². The summed E-state index contributed by atoms with van der Waals surface area (Å²) in [6.07, 6.45) is -1.26. The van der Waals surface area contributed by atoms with Crippen LogP contribution < -0.4 is 20.7 Å². The highest BCUT2D eigenvalue weighted by molar-refractivity contribution is 6.00. The predicted octanol–water partition coefficient (Wildman–Crippen LogP) is 5.78. The van der Waals surface area contributed by atoms with Gasteiger partial charge in [-0.1, -0.05) is 12.6 Å². The number of amides is 2. The molecular formula is C26H30F3N5O2. The van der Waals surface area contributed by atoms with Crippen molar-refractivity contribution in [3.8, 4) is 5.75 Å². The Bertz CT molecular complexity index is 1140. The highest BCUT2D eigenvalue weighted by atomic mass is 19.4. The molecule has 1 saturated heterocycles. The second-order valence-electron chi connectivity index (χ2n) is 8.47. The number of piperazine rings is 1. The molecule has 1 heterocycles. The third-order valence-electron chi connectivity index (χ3n) is 5.55. The number of urea groups is 1. The molecule has 10 heteroatoms. The molecule has 0 unspecified atom stereocenters. The van der Waals surface area contributed by atoms with E-state index in [1.807, 2.05) is 13.0 Å². The summed E-state index contributed by atoms with van der Waals surface area (Å²) in [5.74, 6) is 0.861. The van der Waals surface area contributed by atoms with Crippen LogP contribution in [0.2, 0.25) is 0 Å². The number of nitrogens with zero attached hydrogens (tertiary/aromatic N) is 2. The topological polar surface area (TPSA) is 78.0 Å². The molecular weight excluding hydrogens is 471 g/mol. The van der Waals surface area contributed by atoms with Gasteiger partial charge in [0.2, 0.25) is 5.90 Å². The van der Waals surface area contributed by atoms with Crippen molar-refractivity contribution in [2.45, 2.75) is 33.0 Å². The molecule has 2 aromatic rings. The van der Waals surface area contributed by atoms with Crippen molar-refractivity contribution in [3.63, 3.8) is 0 Å². The lowest BCUT2D eigenvalue weighted by molar-refractivity contribution is -0.138. The van der Waals surface area contributed by atoms with Crippen LogP contribution in [-0.2, 0) is 6.18 Å². The van der Waals surface area contributed by atoms with Crippen LogP contribution in [0.5, 0.6) is 5.75 Å². The van der Waals surface area contributed by atoms with E-state index in [0.717, 1.165) is 31.4 Å². The van der Waals surface area contributed by atoms with Gasteiger partial charge >= 0.3 is 12.2 Å². The molecule has 1 fully saturated rings. The van der Waals surface area contributed by atoms with E-state index in [1.165, 1.54) is 25.3 Å². The van der Waals surface area contributed by atoms with E-state index >= 15 is 0 Å². The van der Waals surface area contributed by atoms with E-state index in [-0.39, 0.29) is 11.3 Å². The van der Waals surface area contributed by atoms with Gasteiger partial charge in [-0.3, -0.25) is 0 Å². The molecule has 0 spiro atoms. The summed E-state index contributed by atoms with van der Waals surface area (Å²) in [4.78, 5) is 18.7. The third-order valence-corrected chi connectivity index (χ3v) is 5.55. The normalized spacial score (nSPS) is 16.9. The molecule has 1 aliphatic rings. The number of ether oxygens (including phenoxy) is 1. The largest absolute Gasteiger partial charge is 0.439 e. The van der Waals surface area contributed by atoms with Crippen molar-refractivity contribution in [1.29, 1.82) is 0 Å². The van der Waals surface area contributed by atoms with Gasteiger partial charge in [0.25, 0.3) is 0 Å². The first kappa shape index (κ1) is 26.8. The van der Waals surface area contributed by atoms with E-state index in [4.69, 9.17) is 4.74 Å². The lowest BCUT2D eigenvalue weighted by Crippen LogP contribution is -2.48. The summed E-state index contributed by atoms with van der Waals surface area (Å²) in [6.45, 7) is 11.8. The number of hydrogen-bond acceptors (Lipinski definition) is 5. The number of alkyl halides is 3. The van der Waals surface area contributed by atoms with Gasteiger partial charge in [-0.05, 0) is 62.7 Å². The number of hydrogen-bond donors (Lipinski definition) is 3. The van der Waals surface area contributed by atoms with Crippen LogP contribution in [0, 0.1) is 6.92 Å². The lowest BCUT2D eigenvalue weighted by atomic mass is 10.1. The number of halogens is 3. The van der Waals surface area contributed by atoms with Crippen LogP contribution in [0.3, 0.4) is 0 Å². The number of aryl methyl sites for hydroxylation is 1. The molecule has 0 aromatic heterocycles. The predicted molar refractivity (Wildman–Crippen MR) is 136 cm³/mol. The zero-order chi connectivity index (χ0) is 26.3. The number of aliphatic imine (C=N–C) groups is 1. The Morgan fingerprint density at radius 1 is 1.19 bits per heavy atom. The molecule has 0 radical (unpaired) electrons. The smallest absolute Gasteiger partial charge is 0.416 e. The van der Waals surface area contributed by atoms with E-state index in [9.17, 15) is 18.0 Å². The first-order valence-corrected chi connectivity index (χ1v) is 11.4. The highest BCUT2D eigenvalue weighted by Gasteiger charge is 2.32. The molecule has 7 nitrogen and oxygen atoms in total. The van der Waals surface area contributed by atoms with Crippen LogP contribution in [0.4, 0.5) is 29.3 Å². The third kappa shape index (κ3) is 7.61. The van der Waals surface area contributed by atoms with Crippen LogP contribution in [0.25, 0.3) is 0 Å². The number of benzene rings is 2. The Morgan fingerprint density at radius 3 is 2.50 bits per heavy atom. The summed E-state index contributed by atoms with van der Waals surface area (Å²) in [7, 11) is 0. The Balaban J connectivity index is 1.62. The minimum Gasteiger partial charge on any atom is -0.439 e. The molecule has 0 aliphatic carbocycles. The lowest BCUT2D eigenvalue weighted by Gasteiger charge is -2.34. The summed E-state index contributed by atoms with van der Waals surface area (Å²) in [5.41, 5.74) is 0.776. The fourth-order valence-corrected chi connectivity index (χ4v) is 3.73. The SMILES string of the molecule is C=CN=C(/C=C(\C)N1CCN[C@H](C)C1)Oc1ccc(NC(=O)Nc2ccc(C)c(C(F)(F)F)c2)cc1. The molecule has 2 amide bonds. The average molecular weight is 502 g/mol. The standard InChI is InChI=1S/C26H30F3N5O2/c1-5-30-24(14-19(4)34-13-12-31-18(3)16-34)36-22-10-8-20(9-11-22)32-25(35)33-21-7-6-17(2)23(15-21)26(27,28)29/h5-11,14-15,18,31H,1,12-13,16H2,2-4H3,(H2,32,33,35)/b19-14+,30-24?/t18-/m1/s1. The highest BCUT2D eigenvalue weighted by Crippen LogP contribution is 2.33. The Morgan fingerprint density at radius 2 is 1.86 bits per heavy atom. The summed E-state index contributed by atoms with van der Waals surface area (Å²) in [5, 5.41) is 8.41. The monoisotopic (exact) mass is 501 g/mol. The van der Waals surface area contributed by atoms with Crippen molar-refractivity contribution in [2.24, 2.45) is 4.99 Å². The zero-order valence-electron chi connectivity index (χ0n) is 20.4. The zero-order valence-corrected chi connectivity index (χ0v) is 20.4. The van der Waals surface area contributed by atoms with Gasteiger partial charge in [0, 0.05) is 55.0 Å². The molecule has 1 atom stereocenters. The number of anilines is 2. The van der Waals surface area contributed by atoms with Crippen LogP contribution in [0.1, 0.15) is 25.0 Å². The van der Waals surface area contributed by atoms with Crippen LogP contribution in [-0.4, -0.2) is 42.5 Å². The molecule has 3 N–H and O–H groups in total. The molecule has 192 valence electrons. The molecule has 36 heavy (non-hydrogen) atoms. The van der Waals surface area contributed by atoms with Gasteiger partial charge in [0.05, 0.1) is 5.56 Å². The quantitative estimate of drug-likeness (QED) is 0.347. The van der Waals surface area contributed by atoms with E-state index in [2.05, 4.69) is 39.3 Å². The summed E-state index contributed by atoms with van der Waals surface area (Å²) < 4.78 is 45.2. The maximum Gasteiger partial charge on any atom is 0.416 e. The summed E-state index contributed by atoms with van der Waals surface area (Å²) in [6, 6.07) is 9.88. The Kier molecular flexibility index (Phi) is 8.76. The average Bonchev–Trinajstić information content (AvgIpc) is 2.81. The van der Waals surface area contributed by atoms with E-state index in [0.29, 0.717) is 23.4 Å². The van der Waals surface area contributed by atoms with Crippen molar-refractivity contribution in [1.82, 2.24) is 10.2 Å². The van der Waals surface area contributed by atoms with Crippen molar-refractivity contribution >= 4 is 23.3 Å². The maximum atomic E-state index is 13.1. The van der Waals surface area contributed by atoms with Gasteiger partial charge in [-0.2, -0.15) is 13.2 Å². The van der Waals surface area contributed by atoms with E-state index < -0.39 is 17.8 Å². The number of carbonyl (C=O) groups excluding carboxylic acids is 1. The molecule has 2 aromatic carbocycles. The number of carbonyl (C=O) groups is 1. The molecule has 0 saturated carbocycles. The maximum absolute atomic E-state index is 13.1. The second-order valence-corrected chi connectivity index (χ2v) is 8.47. The number of rotatable bonds is 6. The fraction of sp³-hybridized carbons (Fsp3) is 0.308. The second kappa shape index (κ2) is 11.8. The first-order chi connectivity index (χ1) is 17.0. The van der Waals surface area contributed by atoms with E-state index in [1.54, 1.807) is 24.3 Å². The first-order valence-electron chi connectivity index (χ1n) is 11.4. The number of nitrogens with one attached hydrogen (secondary N) is 3. The van der Waals surface area contributed by atoms with Gasteiger partial charge in [-0.25, -0.2) is 9.79 Å². The van der Waals surface area contributed by atoms with Crippen molar-refractivity contribution in [3.05, 3.63) is 78.1 Å². The van der Waals surface area contributed by atoms with Crippen molar-refractivity contribution in [2.75, 3.05) is 30.3 Å². The number of allylic oxidation sites excluding steroid dienone is 1. The Labute approximate surface area is 208 Å². The molecule has 0 bridgehead atoms.